The molecule has 1 N–H and O–H groups in total. The quantitative estimate of drug-likeness (QED) is 0.851. The van der Waals surface area contributed by atoms with Gasteiger partial charge in [0, 0.05) is 30.2 Å². The summed E-state index contributed by atoms with van der Waals surface area (Å²) in [5.41, 5.74) is 0.203. The molecule has 0 unspecified atom stereocenters. The van der Waals surface area contributed by atoms with Gasteiger partial charge in [-0.1, -0.05) is 0 Å². The number of aromatic nitrogens is 1. The van der Waals surface area contributed by atoms with E-state index in [9.17, 15) is 14.0 Å². The summed E-state index contributed by atoms with van der Waals surface area (Å²) >= 11 is 0. The number of carbonyl (C=O) groups is 1. The van der Waals surface area contributed by atoms with E-state index in [-0.39, 0.29) is 16.9 Å². The van der Waals surface area contributed by atoms with Crippen LogP contribution in [0.5, 0.6) is 0 Å². The van der Waals surface area contributed by atoms with Gasteiger partial charge in [-0.3, -0.25) is 9.59 Å². The topological polar surface area (TPSA) is 53.2 Å². The first kappa shape index (κ1) is 11.9. The Labute approximate surface area is 108 Å². The first-order chi connectivity index (χ1) is 9.16. The summed E-state index contributed by atoms with van der Waals surface area (Å²) < 4.78 is 13.2. The number of benzene rings is 1. The number of hydrogen-bond acceptors (Lipinski definition) is 2. The molecule has 19 heavy (non-hydrogen) atoms. The molecule has 0 radical (unpaired) electrons. The standard InChI is InChI=1S/C14H13FN2O2/c15-9-3-4-12-10(7-9)13(18)11(8-16-12)14(19)17-5-1-2-6-17/h3-4,7-8H,1-2,5-6H2,(H,16,18). The van der Waals surface area contributed by atoms with E-state index in [1.165, 1.54) is 18.3 Å². The van der Waals surface area contributed by atoms with E-state index in [4.69, 9.17) is 0 Å². The van der Waals surface area contributed by atoms with Crippen molar-refractivity contribution in [1.29, 1.82) is 0 Å². The van der Waals surface area contributed by atoms with Crippen molar-refractivity contribution in [3.05, 3.63) is 46.0 Å². The van der Waals surface area contributed by atoms with E-state index >= 15 is 0 Å². The fraction of sp³-hybridized carbons (Fsp3) is 0.286. The Morgan fingerprint density at radius 1 is 1.26 bits per heavy atom. The van der Waals surface area contributed by atoms with Gasteiger partial charge < -0.3 is 9.88 Å². The molecule has 98 valence electrons. The summed E-state index contributed by atoms with van der Waals surface area (Å²) in [6.45, 7) is 1.36. The third-order valence-corrected chi connectivity index (χ3v) is 3.47. The van der Waals surface area contributed by atoms with Crippen molar-refractivity contribution in [3.8, 4) is 0 Å². The molecule has 2 aromatic rings. The summed E-state index contributed by atoms with van der Waals surface area (Å²) in [5, 5.41) is 0.213. The number of rotatable bonds is 1. The number of aromatic amines is 1. The molecule has 0 spiro atoms. The lowest BCUT2D eigenvalue weighted by molar-refractivity contribution is 0.0791. The predicted octanol–water partition coefficient (Wildman–Crippen LogP) is 1.90. The normalized spacial score (nSPS) is 15.1. The van der Waals surface area contributed by atoms with Crippen molar-refractivity contribution < 1.29 is 9.18 Å². The van der Waals surface area contributed by atoms with E-state index in [0.29, 0.717) is 18.6 Å². The smallest absolute Gasteiger partial charge is 0.259 e. The number of halogens is 1. The van der Waals surface area contributed by atoms with Crippen LogP contribution < -0.4 is 5.43 Å². The Morgan fingerprint density at radius 2 is 2.00 bits per heavy atom. The monoisotopic (exact) mass is 260 g/mol. The highest BCUT2D eigenvalue weighted by atomic mass is 19.1. The van der Waals surface area contributed by atoms with Gasteiger partial charge in [-0.2, -0.15) is 0 Å². The number of hydrogen-bond donors (Lipinski definition) is 1. The molecule has 0 saturated carbocycles. The SMILES string of the molecule is O=C(c1c[nH]c2ccc(F)cc2c1=O)N1CCCC1. The maximum Gasteiger partial charge on any atom is 0.259 e. The molecule has 1 aromatic heterocycles. The predicted molar refractivity (Wildman–Crippen MR) is 69.7 cm³/mol. The molecular weight excluding hydrogens is 247 g/mol. The molecule has 2 heterocycles. The second-order valence-corrected chi connectivity index (χ2v) is 4.72. The largest absolute Gasteiger partial charge is 0.360 e. The van der Waals surface area contributed by atoms with Gasteiger partial charge in [0.15, 0.2) is 0 Å². The first-order valence-corrected chi connectivity index (χ1v) is 6.27. The molecule has 1 aliphatic rings. The average Bonchev–Trinajstić information content (AvgIpc) is 2.93. The van der Waals surface area contributed by atoms with Gasteiger partial charge in [-0.05, 0) is 31.0 Å². The molecule has 1 saturated heterocycles. The Morgan fingerprint density at radius 3 is 2.74 bits per heavy atom. The van der Waals surface area contributed by atoms with E-state index in [2.05, 4.69) is 4.98 Å². The van der Waals surface area contributed by atoms with Crippen molar-refractivity contribution in [1.82, 2.24) is 9.88 Å². The third-order valence-electron chi connectivity index (χ3n) is 3.47. The van der Waals surface area contributed by atoms with Gasteiger partial charge in [0.05, 0.1) is 0 Å². The number of amides is 1. The first-order valence-electron chi connectivity index (χ1n) is 6.27. The number of fused-ring (bicyclic) bond motifs is 1. The van der Waals surface area contributed by atoms with E-state index < -0.39 is 11.2 Å². The molecule has 1 fully saturated rings. The van der Waals surface area contributed by atoms with Crippen molar-refractivity contribution in [2.75, 3.05) is 13.1 Å². The zero-order valence-corrected chi connectivity index (χ0v) is 10.3. The maximum atomic E-state index is 13.2. The third kappa shape index (κ3) is 2.01. The highest BCUT2D eigenvalue weighted by Gasteiger charge is 2.22. The minimum absolute atomic E-state index is 0.0833. The van der Waals surface area contributed by atoms with Gasteiger partial charge in [-0.25, -0.2) is 4.39 Å². The number of pyridine rings is 1. The van der Waals surface area contributed by atoms with Crippen LogP contribution in [0.15, 0.2) is 29.2 Å². The summed E-state index contributed by atoms with van der Waals surface area (Å²) in [5.74, 6) is -0.756. The lowest BCUT2D eigenvalue weighted by Gasteiger charge is -2.14. The molecule has 1 amide bonds. The second-order valence-electron chi connectivity index (χ2n) is 4.72. The summed E-state index contributed by atoms with van der Waals surface area (Å²) in [6.07, 6.45) is 3.35. The zero-order chi connectivity index (χ0) is 13.4. The molecule has 0 atom stereocenters. The molecule has 3 rings (SSSR count). The van der Waals surface area contributed by atoms with Gasteiger partial charge in [0.2, 0.25) is 5.43 Å². The van der Waals surface area contributed by atoms with Gasteiger partial charge in [0.1, 0.15) is 11.4 Å². The van der Waals surface area contributed by atoms with Crippen molar-refractivity contribution in [2.45, 2.75) is 12.8 Å². The second kappa shape index (κ2) is 4.50. The fourth-order valence-corrected chi connectivity index (χ4v) is 2.44. The van der Waals surface area contributed by atoms with Crippen LogP contribution in [-0.4, -0.2) is 28.9 Å². The highest BCUT2D eigenvalue weighted by molar-refractivity contribution is 5.97. The fourth-order valence-electron chi connectivity index (χ4n) is 2.44. The van der Waals surface area contributed by atoms with Crippen molar-refractivity contribution >= 4 is 16.8 Å². The van der Waals surface area contributed by atoms with E-state index in [0.717, 1.165) is 18.9 Å². The Kier molecular flexibility index (Phi) is 2.81. The minimum atomic E-state index is -0.483. The molecule has 5 heteroatoms. The molecule has 4 nitrogen and oxygen atoms in total. The average molecular weight is 260 g/mol. The Bertz CT molecular complexity index is 702. The Hall–Kier alpha value is -2.17. The number of nitrogens with one attached hydrogen (secondary N) is 1. The van der Waals surface area contributed by atoms with Crippen LogP contribution in [0, 0.1) is 5.82 Å². The van der Waals surface area contributed by atoms with Crippen LogP contribution >= 0.6 is 0 Å². The molecule has 0 bridgehead atoms. The molecular formula is C14H13FN2O2. The van der Waals surface area contributed by atoms with Gasteiger partial charge >= 0.3 is 0 Å². The zero-order valence-electron chi connectivity index (χ0n) is 10.3. The number of nitrogens with zero attached hydrogens (tertiary/aromatic N) is 1. The van der Waals surface area contributed by atoms with Crippen LogP contribution in [0.3, 0.4) is 0 Å². The van der Waals surface area contributed by atoms with Crippen LogP contribution in [0.1, 0.15) is 23.2 Å². The van der Waals surface area contributed by atoms with E-state index in [1.807, 2.05) is 0 Å². The van der Waals surface area contributed by atoms with E-state index in [1.54, 1.807) is 4.90 Å². The molecule has 0 aliphatic carbocycles. The molecule has 1 aliphatic heterocycles. The van der Waals surface area contributed by atoms with Gasteiger partial charge in [0.25, 0.3) is 5.91 Å². The lowest BCUT2D eigenvalue weighted by Crippen LogP contribution is -2.31. The summed E-state index contributed by atoms with van der Waals surface area (Å²) in [7, 11) is 0. The Balaban J connectivity index is 2.11. The van der Waals surface area contributed by atoms with Gasteiger partial charge in [-0.15, -0.1) is 0 Å². The number of carbonyl (C=O) groups excluding carboxylic acids is 1. The van der Waals surface area contributed by atoms with Crippen molar-refractivity contribution in [2.24, 2.45) is 0 Å². The molecule has 1 aromatic carbocycles. The minimum Gasteiger partial charge on any atom is -0.360 e. The van der Waals surface area contributed by atoms with Crippen LogP contribution in [0.4, 0.5) is 4.39 Å². The highest BCUT2D eigenvalue weighted by Crippen LogP contribution is 2.14. The van der Waals surface area contributed by atoms with Crippen molar-refractivity contribution in [3.63, 3.8) is 0 Å². The maximum absolute atomic E-state index is 13.2. The summed E-state index contributed by atoms with van der Waals surface area (Å²) in [4.78, 5) is 29.0. The lowest BCUT2D eigenvalue weighted by atomic mass is 10.1. The van der Waals surface area contributed by atoms with Crippen LogP contribution in [0.2, 0.25) is 0 Å². The number of likely N-dealkylation sites (tertiary alicyclic amines) is 1. The summed E-state index contributed by atoms with van der Waals surface area (Å²) in [6, 6.07) is 3.94. The number of H-pyrrole nitrogens is 1. The van der Waals surface area contributed by atoms with Crippen LogP contribution in [0.25, 0.3) is 10.9 Å². The van der Waals surface area contributed by atoms with Crippen LogP contribution in [-0.2, 0) is 0 Å².